The van der Waals surface area contributed by atoms with Gasteiger partial charge in [0.1, 0.15) is 11.9 Å². The molecule has 0 aliphatic rings. The Hall–Kier alpha value is -1.49. The third-order valence-corrected chi connectivity index (χ3v) is 3.44. The molecule has 0 aromatic carbocycles. The Balaban J connectivity index is 2.44. The summed E-state index contributed by atoms with van der Waals surface area (Å²) in [5, 5.41) is 16.6. The first-order valence-electron chi connectivity index (χ1n) is 8.29. The van der Waals surface area contributed by atoms with E-state index in [0.717, 1.165) is 24.8 Å². The van der Waals surface area contributed by atoms with Crippen LogP contribution in [0.3, 0.4) is 0 Å². The van der Waals surface area contributed by atoms with Crippen molar-refractivity contribution in [1.82, 2.24) is 10.6 Å². The van der Waals surface area contributed by atoms with Crippen molar-refractivity contribution in [1.29, 1.82) is 0 Å². The van der Waals surface area contributed by atoms with E-state index in [0.29, 0.717) is 11.8 Å². The first-order valence-corrected chi connectivity index (χ1v) is 8.29. The molecule has 0 aliphatic carbocycles. The SMILES string of the molecule is CCNC(=NCC(O)c1ccco1)NC(C)CCCC(C)C. The molecule has 2 atom stereocenters. The number of nitrogens with one attached hydrogen (secondary N) is 2. The average molecular weight is 309 g/mol. The van der Waals surface area contributed by atoms with Crippen LogP contribution in [-0.2, 0) is 0 Å². The zero-order valence-electron chi connectivity index (χ0n) is 14.3. The van der Waals surface area contributed by atoms with Gasteiger partial charge in [0.15, 0.2) is 5.96 Å². The highest BCUT2D eigenvalue weighted by molar-refractivity contribution is 5.80. The van der Waals surface area contributed by atoms with Crippen LogP contribution in [0.2, 0.25) is 0 Å². The van der Waals surface area contributed by atoms with Crippen LogP contribution in [0.25, 0.3) is 0 Å². The van der Waals surface area contributed by atoms with Crippen molar-refractivity contribution in [2.24, 2.45) is 10.9 Å². The summed E-state index contributed by atoms with van der Waals surface area (Å²) in [5.74, 6) is 2.03. The Morgan fingerprint density at radius 2 is 2.09 bits per heavy atom. The van der Waals surface area contributed by atoms with Gasteiger partial charge in [0.2, 0.25) is 0 Å². The van der Waals surface area contributed by atoms with Crippen molar-refractivity contribution in [2.75, 3.05) is 13.1 Å². The molecule has 0 radical (unpaired) electrons. The Morgan fingerprint density at radius 3 is 2.68 bits per heavy atom. The summed E-state index contributed by atoms with van der Waals surface area (Å²) >= 11 is 0. The lowest BCUT2D eigenvalue weighted by Gasteiger charge is -2.18. The van der Waals surface area contributed by atoms with E-state index in [1.165, 1.54) is 12.8 Å². The van der Waals surface area contributed by atoms with Gasteiger partial charge in [-0.3, -0.25) is 4.99 Å². The quantitative estimate of drug-likeness (QED) is 0.484. The second-order valence-electron chi connectivity index (χ2n) is 6.12. The predicted molar refractivity (Wildman–Crippen MR) is 90.9 cm³/mol. The number of nitrogens with zero attached hydrogens (tertiary/aromatic N) is 1. The Kier molecular flexibility index (Phi) is 8.67. The van der Waals surface area contributed by atoms with Gasteiger partial charge in [-0.05, 0) is 38.3 Å². The summed E-state index contributed by atoms with van der Waals surface area (Å²) in [6.45, 7) is 9.77. The lowest BCUT2D eigenvalue weighted by molar-refractivity contribution is 0.158. The first kappa shape index (κ1) is 18.6. The minimum absolute atomic E-state index is 0.279. The van der Waals surface area contributed by atoms with Crippen LogP contribution in [0.1, 0.15) is 58.8 Å². The fourth-order valence-corrected chi connectivity index (χ4v) is 2.21. The van der Waals surface area contributed by atoms with E-state index in [1.807, 2.05) is 6.92 Å². The van der Waals surface area contributed by atoms with Gasteiger partial charge < -0.3 is 20.2 Å². The summed E-state index contributed by atoms with van der Waals surface area (Å²) in [5.41, 5.74) is 0. The number of hydrogen-bond acceptors (Lipinski definition) is 3. The monoisotopic (exact) mass is 309 g/mol. The van der Waals surface area contributed by atoms with E-state index in [1.54, 1.807) is 18.4 Å². The van der Waals surface area contributed by atoms with Gasteiger partial charge in [0.25, 0.3) is 0 Å². The van der Waals surface area contributed by atoms with Gasteiger partial charge in [-0.1, -0.05) is 26.7 Å². The highest BCUT2D eigenvalue weighted by Gasteiger charge is 2.11. The zero-order valence-corrected chi connectivity index (χ0v) is 14.3. The van der Waals surface area contributed by atoms with Gasteiger partial charge in [-0.15, -0.1) is 0 Å². The molecule has 1 heterocycles. The number of rotatable bonds is 9. The van der Waals surface area contributed by atoms with Crippen molar-refractivity contribution in [3.8, 4) is 0 Å². The number of aliphatic imine (C=N–C) groups is 1. The molecule has 22 heavy (non-hydrogen) atoms. The Bertz CT molecular complexity index is 416. The number of aliphatic hydroxyl groups is 1. The van der Waals surface area contributed by atoms with E-state index < -0.39 is 6.10 Å². The molecular formula is C17H31N3O2. The standard InChI is InChI=1S/C17H31N3O2/c1-5-18-17(20-14(4)9-6-8-13(2)3)19-12-15(21)16-10-7-11-22-16/h7,10-11,13-15,21H,5-6,8-9,12H2,1-4H3,(H2,18,19,20). The van der Waals surface area contributed by atoms with Crippen molar-refractivity contribution in [2.45, 2.75) is 59.1 Å². The second kappa shape index (κ2) is 10.3. The minimum Gasteiger partial charge on any atom is -0.467 e. The topological polar surface area (TPSA) is 69.8 Å². The van der Waals surface area contributed by atoms with Gasteiger partial charge in [-0.2, -0.15) is 0 Å². The van der Waals surface area contributed by atoms with E-state index in [2.05, 4.69) is 36.4 Å². The van der Waals surface area contributed by atoms with Gasteiger partial charge in [0, 0.05) is 12.6 Å². The molecule has 1 aromatic rings. The smallest absolute Gasteiger partial charge is 0.191 e. The van der Waals surface area contributed by atoms with Crippen molar-refractivity contribution in [3.63, 3.8) is 0 Å². The number of furan rings is 1. The third kappa shape index (κ3) is 7.50. The van der Waals surface area contributed by atoms with Gasteiger partial charge >= 0.3 is 0 Å². The van der Waals surface area contributed by atoms with E-state index >= 15 is 0 Å². The van der Waals surface area contributed by atoms with Crippen molar-refractivity contribution < 1.29 is 9.52 Å². The normalized spacial score (nSPS) is 14.9. The first-order chi connectivity index (χ1) is 10.5. The number of guanidine groups is 1. The summed E-state index contributed by atoms with van der Waals surface area (Å²) in [4.78, 5) is 4.44. The highest BCUT2D eigenvalue weighted by atomic mass is 16.4. The molecule has 3 N–H and O–H groups in total. The van der Waals surface area contributed by atoms with Gasteiger partial charge in [0.05, 0.1) is 12.8 Å². The molecule has 5 nitrogen and oxygen atoms in total. The average Bonchev–Trinajstić information content (AvgIpc) is 2.98. The molecule has 126 valence electrons. The molecule has 0 bridgehead atoms. The molecule has 0 amide bonds. The molecule has 0 spiro atoms. The molecular weight excluding hydrogens is 278 g/mol. The van der Waals surface area contributed by atoms with Crippen LogP contribution in [0.15, 0.2) is 27.8 Å². The number of aliphatic hydroxyl groups excluding tert-OH is 1. The van der Waals surface area contributed by atoms with E-state index in [4.69, 9.17) is 4.42 Å². The minimum atomic E-state index is -0.707. The van der Waals surface area contributed by atoms with E-state index in [9.17, 15) is 5.11 Å². The summed E-state index contributed by atoms with van der Waals surface area (Å²) in [6, 6.07) is 3.88. The fraction of sp³-hybridized carbons (Fsp3) is 0.706. The van der Waals surface area contributed by atoms with Crippen LogP contribution in [-0.4, -0.2) is 30.2 Å². The fourth-order valence-electron chi connectivity index (χ4n) is 2.21. The van der Waals surface area contributed by atoms with Crippen LogP contribution >= 0.6 is 0 Å². The largest absolute Gasteiger partial charge is 0.467 e. The maximum absolute atomic E-state index is 10.0. The lowest BCUT2D eigenvalue weighted by Crippen LogP contribution is -2.42. The van der Waals surface area contributed by atoms with Crippen molar-refractivity contribution in [3.05, 3.63) is 24.2 Å². The molecule has 1 rings (SSSR count). The maximum atomic E-state index is 10.0. The Morgan fingerprint density at radius 1 is 1.32 bits per heavy atom. The predicted octanol–water partition coefficient (Wildman–Crippen LogP) is 3.08. The molecule has 2 unspecified atom stereocenters. The van der Waals surface area contributed by atoms with Gasteiger partial charge in [-0.25, -0.2) is 0 Å². The third-order valence-electron chi connectivity index (χ3n) is 3.44. The zero-order chi connectivity index (χ0) is 16.4. The molecule has 0 fully saturated rings. The summed E-state index contributed by atoms with van der Waals surface area (Å²) in [7, 11) is 0. The van der Waals surface area contributed by atoms with Crippen LogP contribution in [0.4, 0.5) is 0 Å². The van der Waals surface area contributed by atoms with Crippen molar-refractivity contribution >= 4 is 5.96 Å². The number of hydrogen-bond donors (Lipinski definition) is 3. The van der Waals surface area contributed by atoms with Crippen LogP contribution in [0, 0.1) is 5.92 Å². The Labute approximate surface area is 134 Å². The summed E-state index contributed by atoms with van der Waals surface area (Å²) in [6.07, 6.45) is 4.42. The van der Waals surface area contributed by atoms with Crippen LogP contribution in [0.5, 0.6) is 0 Å². The molecule has 0 saturated heterocycles. The highest BCUT2D eigenvalue weighted by Crippen LogP contribution is 2.13. The molecule has 5 heteroatoms. The second-order valence-corrected chi connectivity index (χ2v) is 6.12. The van der Waals surface area contributed by atoms with Crippen LogP contribution < -0.4 is 10.6 Å². The van der Waals surface area contributed by atoms with E-state index in [-0.39, 0.29) is 6.54 Å². The molecule has 0 aliphatic heterocycles. The maximum Gasteiger partial charge on any atom is 0.191 e. The lowest BCUT2D eigenvalue weighted by atomic mass is 10.0. The molecule has 1 aromatic heterocycles. The summed E-state index contributed by atoms with van der Waals surface area (Å²) < 4.78 is 5.18. The molecule has 0 saturated carbocycles.